The maximum atomic E-state index is 5.84. The van der Waals surface area contributed by atoms with E-state index in [2.05, 4.69) is 10.2 Å². The van der Waals surface area contributed by atoms with Crippen LogP contribution in [0, 0.1) is 4.77 Å². The van der Waals surface area contributed by atoms with E-state index < -0.39 is 0 Å². The monoisotopic (exact) mass is 245 g/mol. The van der Waals surface area contributed by atoms with Crippen molar-refractivity contribution in [2.75, 3.05) is 0 Å². The molecule has 0 aliphatic rings. The maximum Gasteiger partial charge on any atom is 0.228 e. The van der Waals surface area contributed by atoms with Crippen molar-refractivity contribution < 1.29 is 0 Å². The van der Waals surface area contributed by atoms with Crippen LogP contribution in [0.2, 0.25) is 10.3 Å². The van der Waals surface area contributed by atoms with Crippen molar-refractivity contribution in [1.82, 2.24) is 14.8 Å². The predicted octanol–water partition coefficient (Wildman–Crippen LogP) is 3.24. The van der Waals surface area contributed by atoms with Crippen LogP contribution < -0.4 is 0 Å². The van der Waals surface area contributed by atoms with Crippen LogP contribution in [0.1, 0.15) is 0 Å². The molecule has 0 fully saturated rings. The molecule has 0 bridgehead atoms. The van der Waals surface area contributed by atoms with Gasteiger partial charge in [-0.3, -0.25) is 9.67 Å². The van der Waals surface area contributed by atoms with Crippen molar-refractivity contribution in [3.8, 4) is 5.69 Å². The summed E-state index contributed by atoms with van der Waals surface area (Å²) in [4.78, 5) is 0. The number of hydrogen-bond donors (Lipinski definition) is 1. The third-order valence-electron chi connectivity index (χ3n) is 1.72. The Bertz CT molecular complexity index is 500. The minimum Gasteiger partial charge on any atom is -0.259 e. The first-order chi connectivity index (χ1) is 6.68. The average Bonchev–Trinajstić information content (AvgIpc) is 2.49. The smallest absolute Gasteiger partial charge is 0.228 e. The van der Waals surface area contributed by atoms with Gasteiger partial charge in [-0.25, -0.2) is 0 Å². The molecule has 0 saturated heterocycles. The van der Waals surface area contributed by atoms with E-state index in [1.807, 2.05) is 12.1 Å². The number of hydrogen-bond acceptors (Lipinski definition) is 2. The van der Waals surface area contributed by atoms with Crippen LogP contribution in [0.5, 0.6) is 0 Å². The van der Waals surface area contributed by atoms with Gasteiger partial charge in [0.05, 0.1) is 5.69 Å². The molecular formula is C8H5Cl2N3S. The summed E-state index contributed by atoms with van der Waals surface area (Å²) in [7, 11) is 0. The molecule has 72 valence electrons. The van der Waals surface area contributed by atoms with Crippen LogP contribution in [-0.4, -0.2) is 14.8 Å². The SMILES string of the molecule is S=c1[nH]nc(Cl)n1-c1ccc(Cl)cc1. The van der Waals surface area contributed by atoms with Gasteiger partial charge in [-0.15, -0.1) is 5.10 Å². The van der Waals surface area contributed by atoms with Crippen molar-refractivity contribution >= 4 is 35.4 Å². The number of H-pyrrole nitrogens is 1. The molecule has 0 amide bonds. The normalized spacial score (nSPS) is 10.4. The fourth-order valence-electron chi connectivity index (χ4n) is 1.09. The summed E-state index contributed by atoms with van der Waals surface area (Å²) in [6, 6.07) is 7.17. The van der Waals surface area contributed by atoms with Gasteiger partial charge in [0.25, 0.3) is 0 Å². The second-order valence-corrected chi connectivity index (χ2v) is 3.77. The predicted molar refractivity (Wildman–Crippen MR) is 58.8 cm³/mol. The number of rotatable bonds is 1. The zero-order valence-corrected chi connectivity index (χ0v) is 9.20. The molecule has 0 radical (unpaired) electrons. The molecule has 0 aliphatic carbocycles. The molecule has 2 rings (SSSR count). The van der Waals surface area contributed by atoms with E-state index in [1.165, 1.54) is 0 Å². The van der Waals surface area contributed by atoms with E-state index in [0.29, 0.717) is 15.1 Å². The van der Waals surface area contributed by atoms with Gasteiger partial charge in [-0.2, -0.15) is 0 Å². The Morgan fingerprint density at radius 1 is 1.21 bits per heavy atom. The molecule has 0 aliphatic heterocycles. The quantitative estimate of drug-likeness (QED) is 0.783. The lowest BCUT2D eigenvalue weighted by atomic mass is 10.3. The highest BCUT2D eigenvalue weighted by molar-refractivity contribution is 7.71. The second-order valence-electron chi connectivity index (χ2n) is 2.61. The molecule has 0 unspecified atom stereocenters. The zero-order chi connectivity index (χ0) is 10.1. The lowest BCUT2D eigenvalue weighted by Gasteiger charge is -2.01. The Labute approximate surface area is 95.3 Å². The molecule has 0 spiro atoms. The highest BCUT2D eigenvalue weighted by atomic mass is 35.5. The van der Waals surface area contributed by atoms with Crippen molar-refractivity contribution in [2.45, 2.75) is 0 Å². The van der Waals surface area contributed by atoms with Crippen molar-refractivity contribution in [3.05, 3.63) is 39.3 Å². The minimum absolute atomic E-state index is 0.303. The Morgan fingerprint density at radius 3 is 2.36 bits per heavy atom. The summed E-state index contributed by atoms with van der Waals surface area (Å²) >= 11 is 16.6. The van der Waals surface area contributed by atoms with Crippen molar-refractivity contribution in [1.29, 1.82) is 0 Å². The topological polar surface area (TPSA) is 33.6 Å². The molecule has 1 N–H and O–H groups in total. The lowest BCUT2D eigenvalue weighted by Crippen LogP contribution is -1.93. The van der Waals surface area contributed by atoms with Crippen LogP contribution in [0.25, 0.3) is 5.69 Å². The van der Waals surface area contributed by atoms with Gasteiger partial charge in [0, 0.05) is 5.02 Å². The summed E-state index contributed by atoms with van der Waals surface area (Å²) in [5.41, 5.74) is 0.832. The second kappa shape index (κ2) is 3.73. The molecule has 14 heavy (non-hydrogen) atoms. The van der Waals surface area contributed by atoms with E-state index in [0.717, 1.165) is 5.69 Å². The molecule has 6 heteroatoms. The van der Waals surface area contributed by atoms with Crippen LogP contribution in [-0.2, 0) is 0 Å². The molecule has 3 nitrogen and oxygen atoms in total. The van der Waals surface area contributed by atoms with E-state index in [9.17, 15) is 0 Å². The van der Waals surface area contributed by atoms with E-state index in [1.54, 1.807) is 16.7 Å². The molecule has 1 aromatic carbocycles. The third kappa shape index (κ3) is 1.68. The molecular weight excluding hydrogens is 241 g/mol. The summed E-state index contributed by atoms with van der Waals surface area (Å²) in [6.45, 7) is 0. The summed E-state index contributed by atoms with van der Waals surface area (Å²) in [5.74, 6) is 0. The highest BCUT2D eigenvalue weighted by Crippen LogP contribution is 2.17. The van der Waals surface area contributed by atoms with Crippen LogP contribution in [0.4, 0.5) is 0 Å². The summed E-state index contributed by atoms with van der Waals surface area (Å²) in [6.07, 6.45) is 0. The van der Waals surface area contributed by atoms with Gasteiger partial charge in [0.15, 0.2) is 0 Å². The first-order valence-corrected chi connectivity index (χ1v) is 4.94. The van der Waals surface area contributed by atoms with Crippen molar-refractivity contribution in [2.24, 2.45) is 0 Å². The van der Waals surface area contributed by atoms with Gasteiger partial charge in [-0.05, 0) is 48.1 Å². The first-order valence-electron chi connectivity index (χ1n) is 3.77. The van der Waals surface area contributed by atoms with Crippen LogP contribution in [0.15, 0.2) is 24.3 Å². The summed E-state index contributed by atoms with van der Waals surface area (Å²) < 4.78 is 2.07. The first kappa shape index (κ1) is 9.71. The molecule has 1 heterocycles. The van der Waals surface area contributed by atoms with Crippen molar-refractivity contribution in [3.63, 3.8) is 0 Å². The molecule has 0 saturated carbocycles. The van der Waals surface area contributed by atoms with Gasteiger partial charge in [-0.1, -0.05) is 11.6 Å². The minimum atomic E-state index is 0.303. The maximum absolute atomic E-state index is 5.84. The van der Waals surface area contributed by atoms with Crippen LogP contribution in [0.3, 0.4) is 0 Å². The number of nitrogens with zero attached hydrogens (tertiary/aromatic N) is 2. The van der Waals surface area contributed by atoms with E-state index in [-0.39, 0.29) is 0 Å². The largest absolute Gasteiger partial charge is 0.259 e. The van der Waals surface area contributed by atoms with Gasteiger partial charge >= 0.3 is 0 Å². The molecule has 0 atom stereocenters. The zero-order valence-electron chi connectivity index (χ0n) is 6.87. The average molecular weight is 246 g/mol. The lowest BCUT2D eigenvalue weighted by molar-refractivity contribution is 1.03. The fourth-order valence-corrected chi connectivity index (χ4v) is 1.73. The van der Waals surface area contributed by atoms with Gasteiger partial charge in [0.1, 0.15) is 0 Å². The van der Waals surface area contributed by atoms with Gasteiger partial charge < -0.3 is 0 Å². The van der Waals surface area contributed by atoms with Crippen LogP contribution >= 0.6 is 35.4 Å². The molecule has 1 aromatic heterocycles. The number of nitrogens with one attached hydrogen (secondary N) is 1. The van der Waals surface area contributed by atoms with Gasteiger partial charge in [0.2, 0.25) is 10.1 Å². The number of benzene rings is 1. The Kier molecular flexibility index (Phi) is 2.58. The number of aromatic amines is 1. The highest BCUT2D eigenvalue weighted by Gasteiger charge is 2.04. The Hall–Kier alpha value is -0.840. The third-order valence-corrected chi connectivity index (χ3v) is 2.50. The Morgan fingerprint density at radius 2 is 1.86 bits per heavy atom. The number of aromatic nitrogens is 3. The number of halogens is 2. The van der Waals surface area contributed by atoms with E-state index >= 15 is 0 Å². The van der Waals surface area contributed by atoms with E-state index in [4.69, 9.17) is 35.4 Å². The molecule has 2 aromatic rings. The Balaban J connectivity index is 2.60. The fraction of sp³-hybridized carbons (Fsp3) is 0. The standard InChI is InChI=1S/C8H5Cl2N3S/c9-5-1-3-6(4-2-5)13-7(10)11-12-8(13)14/h1-4H,(H,12,14). The summed E-state index contributed by atoms with van der Waals surface area (Å²) in [5, 5.41) is 7.36.